The van der Waals surface area contributed by atoms with Crippen LogP contribution in [-0.4, -0.2) is 26.9 Å². The molecular formula is C10H13F3O3S2. The van der Waals surface area contributed by atoms with Crippen LogP contribution in [-0.2, 0) is 4.79 Å². The summed E-state index contributed by atoms with van der Waals surface area (Å²) in [7, 11) is 0. The molecule has 0 bridgehead atoms. The first-order valence-corrected chi connectivity index (χ1v) is 5.51. The SMILES string of the molecule is CC(S)S.O=C(O)C(F)(F)F.Oc1ccccc1. The predicted octanol–water partition coefficient (Wildman–Crippen LogP) is 3.22. The van der Waals surface area contributed by atoms with Crippen LogP contribution in [0.4, 0.5) is 13.2 Å². The number of carboxylic acids is 1. The van der Waals surface area contributed by atoms with Gasteiger partial charge in [-0.05, 0) is 19.1 Å². The van der Waals surface area contributed by atoms with Crippen LogP contribution in [0.15, 0.2) is 30.3 Å². The molecule has 18 heavy (non-hydrogen) atoms. The Hall–Kier alpha value is -1.02. The molecule has 0 atom stereocenters. The summed E-state index contributed by atoms with van der Waals surface area (Å²) in [5.41, 5.74) is 0. The first kappa shape index (κ1) is 19.3. The molecular weight excluding hydrogens is 289 g/mol. The number of phenolic OH excluding ortho intramolecular Hbond substituents is 1. The zero-order valence-corrected chi connectivity index (χ0v) is 11.1. The molecule has 0 aliphatic heterocycles. The Morgan fingerprint density at radius 1 is 1.22 bits per heavy atom. The van der Waals surface area contributed by atoms with E-state index >= 15 is 0 Å². The van der Waals surface area contributed by atoms with E-state index < -0.39 is 12.1 Å². The minimum Gasteiger partial charge on any atom is -0.508 e. The second-order valence-electron chi connectivity index (χ2n) is 2.77. The summed E-state index contributed by atoms with van der Waals surface area (Å²) in [6, 6.07) is 8.71. The van der Waals surface area contributed by atoms with Gasteiger partial charge in [-0.1, -0.05) is 18.2 Å². The number of hydrogen-bond donors (Lipinski definition) is 4. The molecule has 0 radical (unpaired) electrons. The summed E-state index contributed by atoms with van der Waals surface area (Å²) in [6.45, 7) is 1.90. The monoisotopic (exact) mass is 302 g/mol. The zero-order valence-electron chi connectivity index (χ0n) is 9.30. The van der Waals surface area contributed by atoms with Crippen molar-refractivity contribution in [1.82, 2.24) is 0 Å². The molecule has 0 aromatic heterocycles. The van der Waals surface area contributed by atoms with Crippen LogP contribution in [0.5, 0.6) is 5.75 Å². The first-order chi connectivity index (χ1) is 8.07. The van der Waals surface area contributed by atoms with Crippen molar-refractivity contribution in [3.63, 3.8) is 0 Å². The van der Waals surface area contributed by atoms with Gasteiger partial charge in [-0.3, -0.25) is 0 Å². The average Bonchev–Trinajstić information content (AvgIpc) is 2.17. The van der Waals surface area contributed by atoms with Crippen molar-refractivity contribution in [2.24, 2.45) is 0 Å². The van der Waals surface area contributed by atoms with Gasteiger partial charge < -0.3 is 10.2 Å². The highest BCUT2D eigenvalue weighted by Gasteiger charge is 2.38. The van der Waals surface area contributed by atoms with Gasteiger partial charge in [0.25, 0.3) is 0 Å². The Labute approximate surface area is 113 Å². The quantitative estimate of drug-likeness (QED) is 0.440. The number of rotatable bonds is 0. The number of benzene rings is 1. The Bertz CT molecular complexity index is 326. The number of para-hydroxylation sites is 1. The van der Waals surface area contributed by atoms with E-state index in [0.29, 0.717) is 5.75 Å². The summed E-state index contributed by atoms with van der Waals surface area (Å²) in [5.74, 6) is -2.44. The van der Waals surface area contributed by atoms with Gasteiger partial charge in [-0.2, -0.15) is 38.4 Å². The van der Waals surface area contributed by atoms with Gasteiger partial charge in [0.2, 0.25) is 0 Å². The van der Waals surface area contributed by atoms with E-state index in [0.717, 1.165) is 0 Å². The number of carboxylic acid groups (broad SMARTS) is 1. The van der Waals surface area contributed by atoms with E-state index in [-0.39, 0.29) is 4.58 Å². The molecule has 0 unspecified atom stereocenters. The van der Waals surface area contributed by atoms with Crippen molar-refractivity contribution in [2.45, 2.75) is 17.7 Å². The molecule has 1 rings (SSSR count). The number of halogens is 3. The number of alkyl halides is 3. The van der Waals surface area contributed by atoms with Gasteiger partial charge in [0.05, 0.1) is 0 Å². The van der Waals surface area contributed by atoms with Crippen LogP contribution in [0.1, 0.15) is 6.92 Å². The van der Waals surface area contributed by atoms with Crippen molar-refractivity contribution in [1.29, 1.82) is 0 Å². The van der Waals surface area contributed by atoms with Crippen LogP contribution < -0.4 is 0 Å². The lowest BCUT2D eigenvalue weighted by molar-refractivity contribution is -0.192. The number of hydrogen-bond acceptors (Lipinski definition) is 4. The molecule has 1 aromatic rings. The predicted molar refractivity (Wildman–Crippen MR) is 69.2 cm³/mol. The number of aliphatic carboxylic acids is 1. The Morgan fingerprint density at radius 3 is 1.61 bits per heavy atom. The second-order valence-corrected chi connectivity index (χ2v) is 4.73. The lowest BCUT2D eigenvalue weighted by Crippen LogP contribution is -2.21. The van der Waals surface area contributed by atoms with E-state index in [1.807, 2.05) is 13.0 Å². The molecule has 2 N–H and O–H groups in total. The Morgan fingerprint density at radius 2 is 1.50 bits per heavy atom. The average molecular weight is 302 g/mol. The maximum atomic E-state index is 10.6. The van der Waals surface area contributed by atoms with Gasteiger partial charge in [-0.15, -0.1) is 0 Å². The summed E-state index contributed by atoms with van der Waals surface area (Å²) in [6.07, 6.45) is -5.08. The smallest absolute Gasteiger partial charge is 0.490 e. The third-order valence-electron chi connectivity index (χ3n) is 0.999. The van der Waals surface area contributed by atoms with Crippen molar-refractivity contribution in [3.8, 4) is 5.75 Å². The highest BCUT2D eigenvalue weighted by Crippen LogP contribution is 2.13. The molecule has 104 valence electrons. The second kappa shape index (κ2) is 9.95. The van der Waals surface area contributed by atoms with Gasteiger partial charge in [0.15, 0.2) is 0 Å². The van der Waals surface area contributed by atoms with Gasteiger partial charge in [0, 0.05) is 4.58 Å². The molecule has 3 nitrogen and oxygen atoms in total. The number of carbonyl (C=O) groups is 1. The largest absolute Gasteiger partial charge is 0.508 e. The summed E-state index contributed by atoms with van der Waals surface area (Å²) < 4.78 is 32.0. The standard InChI is InChI=1S/C6H6O.C2HF3O2.C2H6S2/c7-6-4-2-1-3-5-6;3-2(4,5)1(6)7;1-2(3)4/h1-5,7H;(H,6,7);2-4H,1H3. The van der Waals surface area contributed by atoms with E-state index in [1.165, 1.54) is 0 Å². The number of phenols is 1. The highest BCUT2D eigenvalue weighted by molar-refractivity contribution is 7.99. The van der Waals surface area contributed by atoms with E-state index in [4.69, 9.17) is 15.0 Å². The number of thiol groups is 2. The van der Waals surface area contributed by atoms with E-state index in [1.54, 1.807) is 24.3 Å². The van der Waals surface area contributed by atoms with Crippen LogP contribution in [0.3, 0.4) is 0 Å². The first-order valence-electron chi connectivity index (χ1n) is 4.47. The van der Waals surface area contributed by atoms with E-state index in [9.17, 15) is 13.2 Å². The maximum Gasteiger partial charge on any atom is 0.490 e. The third kappa shape index (κ3) is 17.4. The zero-order chi connectivity index (χ0) is 14.8. The molecule has 0 aliphatic carbocycles. The van der Waals surface area contributed by atoms with Crippen molar-refractivity contribution < 1.29 is 28.2 Å². The molecule has 0 fully saturated rings. The molecule has 0 saturated heterocycles. The third-order valence-corrected chi connectivity index (χ3v) is 0.999. The van der Waals surface area contributed by atoms with Crippen LogP contribution >= 0.6 is 25.3 Å². The van der Waals surface area contributed by atoms with Crippen molar-refractivity contribution in [2.75, 3.05) is 0 Å². The lowest BCUT2D eigenvalue weighted by Gasteiger charge is -1.93. The van der Waals surface area contributed by atoms with E-state index in [2.05, 4.69) is 25.3 Å². The fourth-order valence-electron chi connectivity index (χ4n) is 0.428. The lowest BCUT2D eigenvalue weighted by atomic mass is 10.3. The summed E-state index contributed by atoms with van der Waals surface area (Å²) in [4.78, 5) is 8.90. The summed E-state index contributed by atoms with van der Waals surface area (Å²) >= 11 is 7.66. The Kier molecular flexibility index (Phi) is 10.7. The minimum absolute atomic E-state index is 0.222. The van der Waals surface area contributed by atoms with Crippen molar-refractivity contribution >= 4 is 31.2 Å². The van der Waals surface area contributed by atoms with Gasteiger partial charge >= 0.3 is 12.1 Å². The normalized spacial score (nSPS) is 9.72. The van der Waals surface area contributed by atoms with Crippen molar-refractivity contribution in [3.05, 3.63) is 30.3 Å². The molecule has 0 aliphatic rings. The topological polar surface area (TPSA) is 57.5 Å². The summed E-state index contributed by atoms with van der Waals surface area (Å²) in [5, 5.41) is 15.8. The van der Waals surface area contributed by atoms with Gasteiger partial charge in [0.1, 0.15) is 5.75 Å². The molecule has 0 spiro atoms. The molecule has 8 heteroatoms. The number of aromatic hydroxyl groups is 1. The molecule has 0 saturated carbocycles. The molecule has 1 aromatic carbocycles. The fraction of sp³-hybridized carbons (Fsp3) is 0.300. The van der Waals surface area contributed by atoms with Crippen LogP contribution in [0, 0.1) is 0 Å². The fourth-order valence-corrected chi connectivity index (χ4v) is 0.428. The van der Waals surface area contributed by atoms with Gasteiger partial charge in [-0.25, -0.2) is 4.79 Å². The molecule has 0 heterocycles. The highest BCUT2D eigenvalue weighted by atomic mass is 32.2. The minimum atomic E-state index is -5.08. The molecule has 0 amide bonds. The van der Waals surface area contributed by atoms with Crippen LogP contribution in [0.2, 0.25) is 0 Å². The van der Waals surface area contributed by atoms with Crippen LogP contribution in [0.25, 0.3) is 0 Å². The maximum absolute atomic E-state index is 10.6. The Balaban J connectivity index is 0.